The highest BCUT2D eigenvalue weighted by atomic mass is 35.5. The predicted molar refractivity (Wildman–Crippen MR) is 81.3 cm³/mol. The number of hydrogen-bond acceptors (Lipinski definition) is 2. The van der Waals surface area contributed by atoms with Crippen LogP contribution in [0.15, 0.2) is 36.4 Å². The van der Waals surface area contributed by atoms with Gasteiger partial charge in [0.1, 0.15) is 0 Å². The predicted octanol–water partition coefficient (Wildman–Crippen LogP) is 3.99. The number of hydrogen-bond donors (Lipinski definition) is 0. The van der Waals surface area contributed by atoms with Crippen molar-refractivity contribution < 1.29 is 9.59 Å². The molecule has 0 amide bonds. The van der Waals surface area contributed by atoms with E-state index in [2.05, 4.69) is 0 Å². The number of carbonyl (C=O) groups is 2. The average molecular weight is 297 g/mol. The lowest BCUT2D eigenvalue weighted by Gasteiger charge is -2.07. The third-order valence-corrected chi connectivity index (χ3v) is 4.78. The van der Waals surface area contributed by atoms with Crippen molar-refractivity contribution in [3.05, 3.63) is 69.2 Å². The van der Waals surface area contributed by atoms with Gasteiger partial charge in [-0.2, -0.15) is 0 Å². The Morgan fingerprint density at radius 1 is 0.905 bits per heavy atom. The van der Waals surface area contributed by atoms with E-state index >= 15 is 0 Å². The van der Waals surface area contributed by atoms with Crippen molar-refractivity contribution in [1.29, 1.82) is 0 Å². The minimum Gasteiger partial charge on any atom is -0.294 e. The Morgan fingerprint density at radius 3 is 2.38 bits per heavy atom. The van der Waals surface area contributed by atoms with E-state index in [-0.39, 0.29) is 17.5 Å². The van der Waals surface area contributed by atoms with E-state index < -0.39 is 0 Å². The Bertz CT molecular complexity index is 775. The fourth-order valence-electron chi connectivity index (χ4n) is 3.40. The van der Waals surface area contributed by atoms with E-state index in [0.717, 1.165) is 34.2 Å². The molecule has 2 nitrogen and oxygen atoms in total. The van der Waals surface area contributed by atoms with E-state index in [1.807, 2.05) is 36.4 Å². The van der Waals surface area contributed by atoms with Gasteiger partial charge in [-0.3, -0.25) is 9.59 Å². The van der Waals surface area contributed by atoms with Crippen LogP contribution in [0.2, 0.25) is 5.02 Å². The summed E-state index contributed by atoms with van der Waals surface area (Å²) in [6.07, 6.45) is 2.02. The van der Waals surface area contributed by atoms with Gasteiger partial charge in [0.2, 0.25) is 0 Å². The van der Waals surface area contributed by atoms with Gasteiger partial charge in [0, 0.05) is 22.6 Å². The highest BCUT2D eigenvalue weighted by molar-refractivity contribution is 6.30. The maximum Gasteiger partial charge on any atom is 0.170 e. The lowest BCUT2D eigenvalue weighted by Crippen LogP contribution is -2.06. The van der Waals surface area contributed by atoms with E-state index in [1.54, 1.807) is 0 Å². The molecule has 0 heterocycles. The summed E-state index contributed by atoms with van der Waals surface area (Å²) in [6.45, 7) is 0. The van der Waals surface area contributed by atoms with Crippen molar-refractivity contribution in [2.45, 2.75) is 25.2 Å². The second-order valence-electron chi connectivity index (χ2n) is 5.76. The molecule has 2 aromatic rings. The zero-order valence-electron chi connectivity index (χ0n) is 11.4. The normalized spacial score (nSPS) is 19.8. The molecule has 3 heteroatoms. The molecule has 2 aliphatic carbocycles. The van der Waals surface area contributed by atoms with Crippen LogP contribution in [0.3, 0.4) is 0 Å². The van der Waals surface area contributed by atoms with Crippen LogP contribution < -0.4 is 0 Å². The Hall–Kier alpha value is -1.93. The Morgan fingerprint density at radius 2 is 1.62 bits per heavy atom. The molecule has 0 radical (unpaired) electrons. The minimum atomic E-state index is -0.144. The number of fused-ring (bicyclic) bond motifs is 2. The van der Waals surface area contributed by atoms with Crippen molar-refractivity contribution >= 4 is 23.2 Å². The number of aryl methyl sites for hydroxylation is 1. The SMILES string of the molecule is O=C1CCc2cc3c(cc21)CC(c1ccc(Cl)cc1)C3=O. The first kappa shape index (κ1) is 12.8. The highest BCUT2D eigenvalue weighted by Crippen LogP contribution is 2.37. The maximum atomic E-state index is 12.6. The summed E-state index contributed by atoms with van der Waals surface area (Å²) in [6, 6.07) is 11.3. The lowest BCUT2D eigenvalue weighted by atomic mass is 9.95. The van der Waals surface area contributed by atoms with Crippen LogP contribution in [0.25, 0.3) is 0 Å². The van der Waals surface area contributed by atoms with Crippen LogP contribution >= 0.6 is 11.6 Å². The summed E-state index contributed by atoms with van der Waals surface area (Å²) in [5.41, 5.74) is 4.64. The van der Waals surface area contributed by atoms with Gasteiger partial charge in [-0.05, 0) is 53.8 Å². The molecule has 0 saturated carbocycles. The molecule has 2 aliphatic rings. The molecule has 0 spiro atoms. The minimum absolute atomic E-state index is 0.144. The summed E-state index contributed by atoms with van der Waals surface area (Å²) >= 11 is 5.91. The second-order valence-corrected chi connectivity index (χ2v) is 6.20. The van der Waals surface area contributed by atoms with Crippen LogP contribution in [0, 0.1) is 0 Å². The number of ketones is 2. The van der Waals surface area contributed by atoms with Crippen LogP contribution in [-0.4, -0.2) is 11.6 Å². The van der Waals surface area contributed by atoms with E-state index in [4.69, 9.17) is 11.6 Å². The molecule has 0 fully saturated rings. The van der Waals surface area contributed by atoms with E-state index in [9.17, 15) is 9.59 Å². The molecule has 0 saturated heterocycles. The van der Waals surface area contributed by atoms with Gasteiger partial charge in [-0.15, -0.1) is 0 Å². The number of rotatable bonds is 1. The molecule has 1 unspecified atom stereocenters. The largest absolute Gasteiger partial charge is 0.294 e. The van der Waals surface area contributed by atoms with Gasteiger partial charge in [-0.25, -0.2) is 0 Å². The Kier molecular flexibility index (Phi) is 2.76. The molecule has 4 rings (SSSR count). The van der Waals surface area contributed by atoms with Crippen LogP contribution in [0.4, 0.5) is 0 Å². The molecule has 0 bridgehead atoms. The van der Waals surface area contributed by atoms with Crippen molar-refractivity contribution in [2.24, 2.45) is 0 Å². The number of benzene rings is 2. The maximum absolute atomic E-state index is 12.6. The van der Waals surface area contributed by atoms with Gasteiger partial charge < -0.3 is 0 Å². The fourth-order valence-corrected chi connectivity index (χ4v) is 3.53. The van der Waals surface area contributed by atoms with Crippen LogP contribution in [-0.2, 0) is 12.8 Å². The molecule has 104 valence electrons. The zero-order valence-corrected chi connectivity index (χ0v) is 12.1. The summed E-state index contributed by atoms with van der Waals surface area (Å²) < 4.78 is 0. The molecule has 1 atom stereocenters. The summed E-state index contributed by atoms with van der Waals surface area (Å²) in [5, 5.41) is 0.672. The first-order chi connectivity index (χ1) is 10.1. The molecular weight excluding hydrogens is 284 g/mol. The number of carbonyl (C=O) groups excluding carboxylic acids is 2. The van der Waals surface area contributed by atoms with E-state index in [1.165, 1.54) is 0 Å². The molecule has 21 heavy (non-hydrogen) atoms. The molecular formula is C18H13ClO2. The molecule has 2 aromatic carbocycles. The molecule has 0 aliphatic heterocycles. The van der Waals surface area contributed by atoms with Crippen LogP contribution in [0.1, 0.15) is 49.7 Å². The third kappa shape index (κ3) is 1.94. The smallest absolute Gasteiger partial charge is 0.170 e. The quantitative estimate of drug-likeness (QED) is 0.797. The summed E-state index contributed by atoms with van der Waals surface area (Å²) in [7, 11) is 0. The standard InChI is InChI=1S/C18H13ClO2/c19-13-4-1-10(2-5-13)15-9-12-8-14-11(3-6-17(14)20)7-16(12)18(15)21/h1-2,4-5,7-8,15H,3,6,9H2. The molecule has 0 aromatic heterocycles. The third-order valence-electron chi connectivity index (χ3n) is 4.53. The van der Waals surface area contributed by atoms with Crippen molar-refractivity contribution in [3.63, 3.8) is 0 Å². The van der Waals surface area contributed by atoms with Crippen molar-refractivity contribution in [1.82, 2.24) is 0 Å². The van der Waals surface area contributed by atoms with E-state index in [0.29, 0.717) is 17.9 Å². The second kappa shape index (κ2) is 4.54. The zero-order chi connectivity index (χ0) is 14.6. The van der Waals surface area contributed by atoms with Crippen molar-refractivity contribution in [2.75, 3.05) is 0 Å². The molecule has 0 N–H and O–H groups in total. The van der Waals surface area contributed by atoms with Gasteiger partial charge in [-0.1, -0.05) is 23.7 Å². The van der Waals surface area contributed by atoms with Crippen LogP contribution in [0.5, 0.6) is 0 Å². The summed E-state index contributed by atoms with van der Waals surface area (Å²) in [5.74, 6) is 0.222. The number of Topliss-reactive ketones (excluding diaryl/α,β-unsaturated/α-hetero) is 2. The first-order valence-corrected chi connectivity index (χ1v) is 7.50. The van der Waals surface area contributed by atoms with Crippen molar-refractivity contribution in [3.8, 4) is 0 Å². The fraction of sp³-hybridized carbons (Fsp3) is 0.222. The highest BCUT2D eigenvalue weighted by Gasteiger charge is 2.34. The van der Waals surface area contributed by atoms with Gasteiger partial charge in [0.15, 0.2) is 11.6 Å². The monoisotopic (exact) mass is 296 g/mol. The topological polar surface area (TPSA) is 34.1 Å². The van der Waals surface area contributed by atoms with Gasteiger partial charge in [0.25, 0.3) is 0 Å². The van der Waals surface area contributed by atoms with Gasteiger partial charge >= 0.3 is 0 Å². The van der Waals surface area contributed by atoms with Gasteiger partial charge in [0.05, 0.1) is 5.92 Å². The lowest BCUT2D eigenvalue weighted by molar-refractivity contribution is 0.0970. The average Bonchev–Trinajstić information content (AvgIpc) is 3.00. The Labute approximate surface area is 127 Å². The summed E-state index contributed by atoms with van der Waals surface area (Å²) in [4.78, 5) is 24.5. The first-order valence-electron chi connectivity index (χ1n) is 7.12. The number of halogens is 1. The Balaban J connectivity index is 1.75.